The Kier molecular flexibility index (Phi) is 5.91. The molecular weight excluding hydrogens is 376 g/mol. The molecule has 30 heavy (non-hydrogen) atoms. The van der Waals surface area contributed by atoms with E-state index < -0.39 is 12.2 Å². The van der Waals surface area contributed by atoms with Crippen LogP contribution in [-0.4, -0.2) is 28.0 Å². The van der Waals surface area contributed by atoms with Gasteiger partial charge in [0.15, 0.2) is 0 Å². The highest BCUT2D eigenvalue weighted by Crippen LogP contribution is 2.70. The summed E-state index contributed by atoms with van der Waals surface area (Å²) in [4.78, 5) is 0. The molecule has 1 aromatic rings. The maximum Gasteiger partial charge on any atom is 0.0960 e. The molecule has 3 fully saturated rings. The van der Waals surface area contributed by atoms with Gasteiger partial charge in [-0.3, -0.25) is 0 Å². The highest BCUT2D eigenvalue weighted by molar-refractivity contribution is 5.16. The lowest BCUT2D eigenvalue weighted by Gasteiger charge is -2.67. The molecular formula is C26H42O4. The van der Waals surface area contributed by atoms with E-state index in [4.69, 9.17) is 4.42 Å². The standard InChI is InChI=1S/C26H42O4/c1-24(2)10-5-11-26(4)21(24)8-12-25(3)20(14-18(28)15-27)19(6-7-22(25)26)23(29)17-9-13-30-16-17/h9,13,16,18-23,27-29H,5-8,10-12,14-15H2,1-4H3/t18-,19-,20+,21-,22-,23-,25-,26-/m0/s1. The van der Waals surface area contributed by atoms with Crippen LogP contribution in [-0.2, 0) is 0 Å². The first-order valence-electron chi connectivity index (χ1n) is 12.1. The largest absolute Gasteiger partial charge is 0.472 e. The minimum atomic E-state index is -0.724. The summed E-state index contributed by atoms with van der Waals surface area (Å²) in [6.45, 7) is 9.72. The molecule has 0 amide bonds. The highest BCUT2D eigenvalue weighted by Gasteiger charge is 2.62. The molecule has 3 N–H and O–H groups in total. The third kappa shape index (κ3) is 3.47. The number of aliphatic hydroxyl groups is 3. The van der Waals surface area contributed by atoms with Gasteiger partial charge in [0.2, 0.25) is 0 Å². The number of furan rings is 1. The molecule has 4 heteroatoms. The second-order valence-corrected chi connectivity index (χ2v) is 11.9. The van der Waals surface area contributed by atoms with Gasteiger partial charge in [0, 0.05) is 5.56 Å². The van der Waals surface area contributed by atoms with Gasteiger partial charge >= 0.3 is 0 Å². The van der Waals surface area contributed by atoms with Crippen molar-refractivity contribution in [1.82, 2.24) is 0 Å². The average molecular weight is 419 g/mol. The maximum absolute atomic E-state index is 11.3. The van der Waals surface area contributed by atoms with Crippen LogP contribution in [0.4, 0.5) is 0 Å². The average Bonchev–Trinajstić information content (AvgIpc) is 3.22. The number of fused-ring (bicyclic) bond motifs is 3. The molecule has 0 aliphatic heterocycles. The summed E-state index contributed by atoms with van der Waals surface area (Å²) in [5.74, 6) is 1.62. The zero-order valence-electron chi connectivity index (χ0n) is 19.3. The molecule has 8 atom stereocenters. The van der Waals surface area contributed by atoms with Crippen LogP contribution in [0.5, 0.6) is 0 Å². The van der Waals surface area contributed by atoms with Crippen molar-refractivity contribution in [3.05, 3.63) is 24.2 Å². The van der Waals surface area contributed by atoms with Crippen molar-refractivity contribution in [1.29, 1.82) is 0 Å². The Morgan fingerprint density at radius 3 is 2.43 bits per heavy atom. The smallest absolute Gasteiger partial charge is 0.0960 e. The fourth-order valence-electron chi connectivity index (χ4n) is 8.72. The Labute approximate surface area is 182 Å². The van der Waals surface area contributed by atoms with Gasteiger partial charge in [-0.1, -0.05) is 34.1 Å². The fraction of sp³-hybridized carbons (Fsp3) is 0.846. The van der Waals surface area contributed by atoms with Crippen molar-refractivity contribution in [2.45, 2.75) is 91.3 Å². The van der Waals surface area contributed by atoms with Crippen LogP contribution in [0.25, 0.3) is 0 Å². The first kappa shape index (κ1) is 22.4. The zero-order valence-corrected chi connectivity index (χ0v) is 19.3. The Morgan fingerprint density at radius 1 is 1.00 bits per heavy atom. The fourth-order valence-corrected chi connectivity index (χ4v) is 8.72. The van der Waals surface area contributed by atoms with Gasteiger partial charge < -0.3 is 19.7 Å². The van der Waals surface area contributed by atoms with Crippen LogP contribution in [0, 0.1) is 39.9 Å². The molecule has 1 heterocycles. The summed E-state index contributed by atoms with van der Waals surface area (Å²) in [7, 11) is 0. The summed E-state index contributed by atoms with van der Waals surface area (Å²) in [6, 6.07) is 1.86. The van der Waals surface area contributed by atoms with Gasteiger partial charge in [-0.15, -0.1) is 0 Å². The van der Waals surface area contributed by atoms with E-state index in [1.165, 1.54) is 25.7 Å². The SMILES string of the molecule is CC1(C)CCC[C@]2(C)[C@H]3CC[C@H]([C@@H](O)c4ccoc4)[C@@H](C[C@H](O)CO)[C@]3(C)CC[C@@H]12. The number of hydrogen-bond acceptors (Lipinski definition) is 4. The van der Waals surface area contributed by atoms with Crippen LogP contribution in [0.2, 0.25) is 0 Å². The molecule has 0 aromatic carbocycles. The van der Waals surface area contributed by atoms with Gasteiger partial charge in [-0.25, -0.2) is 0 Å². The summed E-state index contributed by atoms with van der Waals surface area (Å²) < 4.78 is 5.26. The highest BCUT2D eigenvalue weighted by atomic mass is 16.3. The van der Waals surface area contributed by atoms with Crippen molar-refractivity contribution < 1.29 is 19.7 Å². The number of hydrogen-bond donors (Lipinski definition) is 3. The van der Waals surface area contributed by atoms with E-state index in [0.29, 0.717) is 23.2 Å². The molecule has 0 saturated heterocycles. The van der Waals surface area contributed by atoms with Crippen molar-refractivity contribution in [3.63, 3.8) is 0 Å². The zero-order chi connectivity index (χ0) is 21.7. The lowest BCUT2D eigenvalue weighted by Crippen LogP contribution is -2.60. The summed E-state index contributed by atoms with van der Waals surface area (Å²) in [5.41, 5.74) is 1.62. The monoisotopic (exact) mass is 418 g/mol. The minimum absolute atomic E-state index is 0.0719. The van der Waals surface area contributed by atoms with Gasteiger partial charge in [0.1, 0.15) is 0 Å². The minimum Gasteiger partial charge on any atom is -0.472 e. The molecule has 3 saturated carbocycles. The number of rotatable bonds is 5. The predicted octanol–water partition coefficient (Wildman–Crippen LogP) is 5.33. The second kappa shape index (κ2) is 7.94. The van der Waals surface area contributed by atoms with Crippen LogP contribution < -0.4 is 0 Å². The molecule has 3 aliphatic carbocycles. The molecule has 1 aromatic heterocycles. The van der Waals surface area contributed by atoms with E-state index in [1.807, 2.05) is 6.07 Å². The lowest BCUT2D eigenvalue weighted by atomic mass is 9.38. The number of aliphatic hydroxyl groups excluding tert-OH is 3. The molecule has 4 rings (SSSR count). The van der Waals surface area contributed by atoms with Gasteiger partial charge in [-0.2, -0.15) is 0 Å². The Balaban J connectivity index is 1.70. The molecule has 0 radical (unpaired) electrons. The van der Waals surface area contributed by atoms with Crippen LogP contribution in [0.15, 0.2) is 23.0 Å². The van der Waals surface area contributed by atoms with E-state index in [9.17, 15) is 15.3 Å². The van der Waals surface area contributed by atoms with E-state index in [1.54, 1.807) is 12.5 Å². The van der Waals surface area contributed by atoms with Crippen molar-refractivity contribution >= 4 is 0 Å². The van der Waals surface area contributed by atoms with Crippen molar-refractivity contribution in [2.75, 3.05) is 6.61 Å². The lowest BCUT2D eigenvalue weighted by molar-refractivity contribution is -0.190. The normalized spacial score (nSPS) is 42.8. The van der Waals surface area contributed by atoms with Crippen molar-refractivity contribution in [3.8, 4) is 0 Å². The van der Waals surface area contributed by atoms with Crippen LogP contribution >= 0.6 is 0 Å². The topological polar surface area (TPSA) is 73.8 Å². The van der Waals surface area contributed by atoms with E-state index in [2.05, 4.69) is 27.7 Å². The maximum atomic E-state index is 11.3. The van der Waals surface area contributed by atoms with Gasteiger partial charge in [-0.05, 0) is 90.9 Å². The van der Waals surface area contributed by atoms with Gasteiger partial charge in [0.05, 0.1) is 31.3 Å². The van der Waals surface area contributed by atoms with Crippen LogP contribution in [0.1, 0.15) is 90.7 Å². The molecule has 3 aliphatic rings. The first-order chi connectivity index (χ1) is 14.1. The molecule has 0 unspecified atom stereocenters. The Hall–Kier alpha value is -0.840. The second-order valence-electron chi connectivity index (χ2n) is 11.9. The van der Waals surface area contributed by atoms with E-state index in [0.717, 1.165) is 30.7 Å². The van der Waals surface area contributed by atoms with Crippen molar-refractivity contribution in [2.24, 2.45) is 39.9 Å². The molecule has 4 nitrogen and oxygen atoms in total. The van der Waals surface area contributed by atoms with Crippen LogP contribution in [0.3, 0.4) is 0 Å². The van der Waals surface area contributed by atoms with E-state index >= 15 is 0 Å². The first-order valence-corrected chi connectivity index (χ1v) is 12.1. The summed E-state index contributed by atoms with van der Waals surface area (Å²) in [6.07, 6.45) is 11.0. The molecule has 0 bridgehead atoms. The summed E-state index contributed by atoms with van der Waals surface area (Å²) >= 11 is 0. The summed E-state index contributed by atoms with van der Waals surface area (Å²) in [5, 5.41) is 31.4. The molecule has 0 spiro atoms. The Bertz CT molecular complexity index is 713. The van der Waals surface area contributed by atoms with Gasteiger partial charge in [0.25, 0.3) is 0 Å². The third-order valence-corrected chi connectivity index (χ3v) is 10.0. The predicted molar refractivity (Wildman–Crippen MR) is 118 cm³/mol. The Morgan fingerprint density at radius 2 is 1.77 bits per heavy atom. The quantitative estimate of drug-likeness (QED) is 0.604. The van der Waals surface area contributed by atoms with E-state index in [-0.39, 0.29) is 23.9 Å². The molecule has 170 valence electrons. The third-order valence-electron chi connectivity index (χ3n) is 10.0.